The van der Waals surface area contributed by atoms with Crippen molar-refractivity contribution in [2.24, 2.45) is 0 Å². The molecule has 0 saturated carbocycles. The number of hydrogen-bond acceptors (Lipinski definition) is 16. The van der Waals surface area contributed by atoms with Crippen LogP contribution in [0.4, 0.5) is 5.82 Å². The van der Waals surface area contributed by atoms with Crippen LogP contribution >= 0.6 is 15.6 Å². The number of nitrogen functional groups attached to an aromatic ring is 1. The fraction of sp³-hybridized carbons (Fsp3) is 0.720. The van der Waals surface area contributed by atoms with Crippen molar-refractivity contribution in [2.45, 2.75) is 211 Å². The van der Waals surface area contributed by atoms with E-state index in [-0.39, 0.29) is 24.8 Å². The van der Waals surface area contributed by atoms with Gasteiger partial charge in [0.05, 0.1) is 19.3 Å². The zero-order chi connectivity index (χ0) is 52.2. The van der Waals surface area contributed by atoms with E-state index in [4.69, 9.17) is 29.0 Å². The Morgan fingerprint density at radius 2 is 1.27 bits per heavy atom. The molecule has 0 radical (unpaired) electrons. The highest BCUT2D eigenvalue weighted by Crippen LogP contribution is 2.60. The van der Waals surface area contributed by atoms with Gasteiger partial charge in [0.25, 0.3) is 0 Å². The van der Waals surface area contributed by atoms with Crippen LogP contribution < -0.4 is 11.4 Å². The lowest BCUT2D eigenvalue weighted by atomic mass is 10.0. The van der Waals surface area contributed by atoms with E-state index in [9.17, 15) is 48.6 Å². The number of nitrogens with zero attached hydrogens (tertiary/aromatic N) is 2. The Morgan fingerprint density at radius 3 is 1.85 bits per heavy atom. The van der Waals surface area contributed by atoms with E-state index in [1.54, 1.807) is 0 Å². The number of hydrogen-bond donors (Lipinski definition) is 6. The van der Waals surface area contributed by atoms with Crippen molar-refractivity contribution in [2.75, 3.05) is 25.6 Å². The van der Waals surface area contributed by atoms with Gasteiger partial charge in [-0.15, -0.1) is 0 Å². The monoisotopic (exact) mass is 1050 g/mol. The number of nitrogens with two attached hydrogens (primary N) is 1. The number of carbonyl (C=O) groups is 2. The van der Waals surface area contributed by atoms with E-state index in [1.165, 1.54) is 70.3 Å². The number of ether oxygens (including phenoxy) is 3. The first kappa shape index (κ1) is 63.8. The zero-order valence-corrected chi connectivity index (χ0v) is 43.9. The molecule has 21 heteroatoms. The molecule has 0 aliphatic carbocycles. The van der Waals surface area contributed by atoms with Gasteiger partial charge in [0, 0.05) is 19.0 Å². The number of phosphoric ester groups is 2. The van der Waals surface area contributed by atoms with Gasteiger partial charge >= 0.3 is 33.3 Å². The van der Waals surface area contributed by atoms with Crippen LogP contribution in [0.25, 0.3) is 0 Å². The van der Waals surface area contributed by atoms with Crippen LogP contribution in [0.2, 0.25) is 0 Å². The number of unbranched alkanes of at least 4 members (excludes halogenated alkanes) is 15. The summed E-state index contributed by atoms with van der Waals surface area (Å²) in [5, 5.41) is 30.7. The van der Waals surface area contributed by atoms with E-state index in [1.807, 2.05) is 37.3 Å². The van der Waals surface area contributed by atoms with Gasteiger partial charge in [-0.2, -0.15) is 9.29 Å². The van der Waals surface area contributed by atoms with Crippen LogP contribution in [0.3, 0.4) is 0 Å². The van der Waals surface area contributed by atoms with E-state index >= 15 is 0 Å². The highest BCUT2D eigenvalue weighted by molar-refractivity contribution is 7.61. The molecule has 2 heterocycles. The number of rotatable bonds is 42. The van der Waals surface area contributed by atoms with Crippen LogP contribution in [-0.2, 0) is 46.3 Å². The molecule has 0 spiro atoms. The Bertz CT molecular complexity index is 1890. The summed E-state index contributed by atoms with van der Waals surface area (Å²) in [6, 6.07) is 1.24. The van der Waals surface area contributed by atoms with Crippen molar-refractivity contribution in [1.29, 1.82) is 0 Å². The predicted molar refractivity (Wildman–Crippen MR) is 272 cm³/mol. The SMILES string of the molecule is CCCCCCCCCCCCCCCCCC(=O)OC[C@H](COP(=O)(O)OP(=O)(O)OC[C@H]1O[C@@H](n2ccc(N)nc2=O)[C@H](O)[C@@H]1O)OC(=O)CCC/C=C\C/C=C\C/C=C\C/C=C\CC(O)CCC. The predicted octanol–water partition coefficient (Wildman–Crippen LogP) is 9.53. The summed E-state index contributed by atoms with van der Waals surface area (Å²) < 4.78 is 56.7. The number of aromatic nitrogens is 2. The second-order valence-electron chi connectivity index (χ2n) is 17.9. The minimum Gasteiger partial charge on any atom is -0.462 e. The molecule has 406 valence electrons. The third kappa shape index (κ3) is 31.1. The second-order valence-corrected chi connectivity index (χ2v) is 20.9. The molecule has 1 fully saturated rings. The summed E-state index contributed by atoms with van der Waals surface area (Å²) in [7, 11) is -10.9. The van der Waals surface area contributed by atoms with Crippen LogP contribution in [0, 0.1) is 0 Å². The summed E-state index contributed by atoms with van der Waals surface area (Å²) in [5.74, 6) is -1.38. The Balaban J connectivity index is 1.83. The molecule has 0 aromatic carbocycles. The summed E-state index contributed by atoms with van der Waals surface area (Å²) in [6.45, 7) is 1.91. The molecule has 7 N–H and O–H groups in total. The largest absolute Gasteiger partial charge is 0.481 e. The van der Waals surface area contributed by atoms with Crippen molar-refractivity contribution in [3.05, 3.63) is 71.4 Å². The Hall–Kier alpha value is -3.32. The third-order valence-corrected chi connectivity index (χ3v) is 14.1. The molecule has 1 saturated heterocycles. The number of allylic oxidation sites excluding steroid dienone is 7. The smallest absolute Gasteiger partial charge is 0.462 e. The Labute approximate surface area is 421 Å². The topological polar surface area (TPSA) is 286 Å². The molecule has 1 aliphatic heterocycles. The molecule has 3 unspecified atom stereocenters. The van der Waals surface area contributed by atoms with Crippen molar-refractivity contribution >= 4 is 33.4 Å². The normalized spacial score (nSPS) is 20.0. The Morgan fingerprint density at radius 1 is 0.732 bits per heavy atom. The van der Waals surface area contributed by atoms with Crippen LogP contribution in [0.1, 0.15) is 181 Å². The lowest BCUT2D eigenvalue weighted by Crippen LogP contribution is -2.36. The van der Waals surface area contributed by atoms with Gasteiger partial charge in [0.2, 0.25) is 0 Å². The van der Waals surface area contributed by atoms with Crippen LogP contribution in [0.5, 0.6) is 0 Å². The maximum Gasteiger partial charge on any atom is 0.481 e. The Kier molecular flexibility index (Phi) is 34.4. The third-order valence-electron chi connectivity index (χ3n) is 11.5. The van der Waals surface area contributed by atoms with Gasteiger partial charge in [-0.3, -0.25) is 23.2 Å². The van der Waals surface area contributed by atoms with Gasteiger partial charge in [-0.25, -0.2) is 13.9 Å². The lowest BCUT2D eigenvalue weighted by Gasteiger charge is -2.21. The first-order chi connectivity index (χ1) is 34.1. The number of carbonyl (C=O) groups excluding carboxylic acids is 2. The molecule has 0 amide bonds. The average molecular weight is 1050 g/mol. The van der Waals surface area contributed by atoms with E-state index < -0.39 is 83.7 Å². The van der Waals surface area contributed by atoms with Crippen LogP contribution in [-0.4, -0.2) is 96.9 Å². The summed E-state index contributed by atoms with van der Waals surface area (Å²) in [6.07, 6.45) is 32.6. The number of aliphatic hydroxyl groups is 3. The quantitative estimate of drug-likeness (QED) is 0.0154. The highest BCUT2D eigenvalue weighted by atomic mass is 31.3. The number of aliphatic hydroxyl groups excluding tert-OH is 3. The molecular weight excluding hydrogens is 961 g/mol. The van der Waals surface area contributed by atoms with Crippen molar-refractivity contribution in [3.8, 4) is 0 Å². The standard InChI is InChI=1S/C50H85N3O16P2/c1-3-5-6-7-8-9-10-11-12-15-18-21-24-27-30-34-45(55)64-38-42(67-46(56)35-31-28-25-22-19-16-13-14-17-20-23-26-29-33-41(54)32-4-2)39-65-70(60,61)69-71(62,63)66-40-43-47(57)48(58)49(68-43)53-37-36-44(51)52-50(53)59/h13,16-17,20,22,25-26,29,36-37,41-43,47-49,54,57-58H,3-12,14-15,18-19,21,23-24,27-28,30-35,38-40H2,1-2H3,(H,60,61)(H,62,63)(H2,51,52,59)/b16-13-,20-17-,25-22-,29-26-/t41?,42-,43-,47-,48-,49-/m1/s1. The van der Waals surface area contributed by atoms with Gasteiger partial charge < -0.3 is 45.1 Å². The molecule has 1 aliphatic rings. The maximum absolute atomic E-state index is 12.8. The molecule has 0 bridgehead atoms. The van der Waals surface area contributed by atoms with Gasteiger partial charge in [-0.05, 0) is 57.4 Å². The van der Waals surface area contributed by atoms with Gasteiger partial charge in [0.15, 0.2) is 12.3 Å². The molecule has 1 aromatic rings. The zero-order valence-electron chi connectivity index (χ0n) is 42.1. The fourth-order valence-electron chi connectivity index (χ4n) is 7.50. The molecule has 2 rings (SSSR count). The molecule has 19 nitrogen and oxygen atoms in total. The number of esters is 2. The van der Waals surface area contributed by atoms with Gasteiger partial charge in [0.1, 0.15) is 30.7 Å². The molecule has 71 heavy (non-hydrogen) atoms. The highest BCUT2D eigenvalue weighted by Gasteiger charge is 2.46. The van der Waals surface area contributed by atoms with Crippen LogP contribution in [0.15, 0.2) is 65.7 Å². The summed E-state index contributed by atoms with van der Waals surface area (Å²) in [4.78, 5) is 61.9. The molecular formula is C50H85N3O16P2. The van der Waals surface area contributed by atoms with E-state index in [0.29, 0.717) is 32.1 Å². The minimum atomic E-state index is -5.44. The van der Waals surface area contributed by atoms with Crippen molar-refractivity contribution < 1.29 is 71.4 Å². The van der Waals surface area contributed by atoms with Crippen molar-refractivity contribution in [3.63, 3.8) is 0 Å². The van der Waals surface area contributed by atoms with Crippen molar-refractivity contribution in [1.82, 2.24) is 9.55 Å². The molecule has 8 atom stereocenters. The first-order valence-corrected chi connectivity index (χ1v) is 28.7. The summed E-state index contributed by atoms with van der Waals surface area (Å²) >= 11 is 0. The molecule has 1 aromatic heterocycles. The fourth-order valence-corrected chi connectivity index (χ4v) is 9.61. The number of phosphoric acid groups is 2. The summed E-state index contributed by atoms with van der Waals surface area (Å²) in [5.41, 5.74) is 4.58. The lowest BCUT2D eigenvalue weighted by molar-refractivity contribution is -0.161. The first-order valence-electron chi connectivity index (χ1n) is 25.7. The second kappa shape index (κ2) is 38.3. The van der Waals surface area contributed by atoms with E-state index in [0.717, 1.165) is 62.1 Å². The average Bonchev–Trinajstić information content (AvgIpc) is 3.60. The van der Waals surface area contributed by atoms with Gasteiger partial charge in [-0.1, -0.05) is 159 Å². The number of anilines is 1. The maximum atomic E-state index is 12.8. The van der Waals surface area contributed by atoms with E-state index in [2.05, 4.69) is 34.4 Å². The minimum absolute atomic E-state index is 0.0400.